The van der Waals surface area contributed by atoms with E-state index in [-0.39, 0.29) is 17.5 Å². The number of aryl methyl sites for hydroxylation is 1. The Hall–Kier alpha value is -0.870. The number of thiophene rings is 1. The van der Waals surface area contributed by atoms with Gasteiger partial charge in [0, 0.05) is 17.0 Å². The highest BCUT2D eigenvalue weighted by molar-refractivity contribution is 7.10. The van der Waals surface area contributed by atoms with E-state index in [1.807, 2.05) is 27.7 Å². The van der Waals surface area contributed by atoms with Gasteiger partial charge in [0.05, 0.1) is 6.04 Å². The van der Waals surface area contributed by atoms with Crippen LogP contribution < -0.4 is 10.6 Å². The molecule has 0 aliphatic rings. The van der Waals surface area contributed by atoms with Crippen LogP contribution in [-0.4, -0.2) is 17.5 Å². The van der Waals surface area contributed by atoms with E-state index in [0.29, 0.717) is 0 Å². The molecule has 4 heteroatoms. The minimum Gasteiger partial charge on any atom is -0.350 e. The van der Waals surface area contributed by atoms with Crippen molar-refractivity contribution in [2.75, 3.05) is 0 Å². The molecular weight excluding hydrogens is 232 g/mol. The summed E-state index contributed by atoms with van der Waals surface area (Å²) in [6.07, 6.45) is 0. The summed E-state index contributed by atoms with van der Waals surface area (Å²) in [5.41, 5.74) is 1.11. The van der Waals surface area contributed by atoms with Crippen LogP contribution in [0.5, 0.6) is 0 Å². The molecule has 1 heterocycles. The van der Waals surface area contributed by atoms with Crippen molar-refractivity contribution in [3.05, 3.63) is 21.9 Å². The molecule has 0 saturated carbocycles. The Labute approximate surface area is 108 Å². The first-order valence-electron chi connectivity index (χ1n) is 5.88. The van der Waals surface area contributed by atoms with Crippen molar-refractivity contribution in [2.45, 2.75) is 52.7 Å². The standard InChI is InChI=1S/C13H22N2OS/c1-9-6-7-17-11(9)8-14-10(2)12(16)15-13(3,4)5/h6-7,10,14H,8H2,1-5H3,(H,15,16). The summed E-state index contributed by atoms with van der Waals surface area (Å²) in [7, 11) is 0. The molecule has 96 valence electrons. The van der Waals surface area contributed by atoms with Crippen molar-refractivity contribution in [1.82, 2.24) is 10.6 Å². The van der Waals surface area contributed by atoms with Crippen molar-refractivity contribution >= 4 is 17.2 Å². The molecule has 1 atom stereocenters. The Morgan fingerprint density at radius 2 is 2.12 bits per heavy atom. The van der Waals surface area contributed by atoms with E-state index in [4.69, 9.17) is 0 Å². The average Bonchev–Trinajstić information content (AvgIpc) is 2.57. The maximum absolute atomic E-state index is 11.8. The summed E-state index contributed by atoms with van der Waals surface area (Å²) < 4.78 is 0. The molecule has 1 aromatic rings. The topological polar surface area (TPSA) is 41.1 Å². The van der Waals surface area contributed by atoms with Crippen LogP contribution >= 0.6 is 11.3 Å². The van der Waals surface area contributed by atoms with E-state index in [9.17, 15) is 4.79 Å². The lowest BCUT2D eigenvalue weighted by Crippen LogP contribution is -2.49. The van der Waals surface area contributed by atoms with E-state index >= 15 is 0 Å². The molecular formula is C13H22N2OS. The molecule has 1 amide bonds. The maximum Gasteiger partial charge on any atom is 0.237 e. The molecule has 0 aromatic carbocycles. The van der Waals surface area contributed by atoms with Crippen LogP contribution in [-0.2, 0) is 11.3 Å². The van der Waals surface area contributed by atoms with Gasteiger partial charge in [-0.05, 0) is 51.6 Å². The maximum atomic E-state index is 11.8. The highest BCUT2D eigenvalue weighted by Crippen LogP contribution is 2.15. The summed E-state index contributed by atoms with van der Waals surface area (Å²) in [4.78, 5) is 13.1. The molecule has 3 nitrogen and oxygen atoms in total. The normalized spacial score (nSPS) is 13.5. The summed E-state index contributed by atoms with van der Waals surface area (Å²) in [5, 5.41) is 8.29. The van der Waals surface area contributed by atoms with Crippen LogP contribution in [0.4, 0.5) is 0 Å². The van der Waals surface area contributed by atoms with Crippen LogP contribution in [0.3, 0.4) is 0 Å². The molecule has 17 heavy (non-hydrogen) atoms. The van der Waals surface area contributed by atoms with Gasteiger partial charge < -0.3 is 10.6 Å². The van der Waals surface area contributed by atoms with Gasteiger partial charge in [0.15, 0.2) is 0 Å². The molecule has 0 radical (unpaired) electrons. The van der Waals surface area contributed by atoms with E-state index < -0.39 is 0 Å². The number of rotatable bonds is 4. The second kappa shape index (κ2) is 5.65. The number of amides is 1. The fourth-order valence-corrected chi connectivity index (χ4v) is 2.26. The Morgan fingerprint density at radius 1 is 1.47 bits per heavy atom. The van der Waals surface area contributed by atoms with Gasteiger partial charge in [0.1, 0.15) is 0 Å². The number of carbonyl (C=O) groups is 1. The Morgan fingerprint density at radius 3 is 2.59 bits per heavy atom. The van der Waals surface area contributed by atoms with E-state index in [0.717, 1.165) is 6.54 Å². The SMILES string of the molecule is Cc1ccsc1CNC(C)C(=O)NC(C)(C)C. The molecule has 1 aromatic heterocycles. The van der Waals surface area contributed by atoms with Gasteiger partial charge in [-0.2, -0.15) is 0 Å². The second-order valence-corrected chi connectivity index (χ2v) is 6.37. The Bertz CT molecular complexity index is 379. The summed E-state index contributed by atoms with van der Waals surface area (Å²) in [5.74, 6) is 0.0479. The zero-order valence-corrected chi connectivity index (χ0v) is 12.1. The predicted octanol–water partition coefficient (Wildman–Crippen LogP) is 2.45. The molecule has 0 aliphatic carbocycles. The molecule has 0 spiro atoms. The predicted molar refractivity (Wildman–Crippen MR) is 73.3 cm³/mol. The summed E-state index contributed by atoms with van der Waals surface area (Å²) in [6, 6.07) is 1.93. The minimum atomic E-state index is -0.175. The van der Waals surface area contributed by atoms with Crippen molar-refractivity contribution in [1.29, 1.82) is 0 Å². The van der Waals surface area contributed by atoms with Gasteiger partial charge in [-0.15, -0.1) is 11.3 Å². The van der Waals surface area contributed by atoms with Gasteiger partial charge >= 0.3 is 0 Å². The van der Waals surface area contributed by atoms with Crippen LogP contribution in [0.1, 0.15) is 38.1 Å². The van der Waals surface area contributed by atoms with E-state index in [1.165, 1.54) is 10.4 Å². The van der Waals surface area contributed by atoms with Gasteiger partial charge in [-0.1, -0.05) is 0 Å². The molecule has 1 rings (SSSR count). The number of hydrogen-bond acceptors (Lipinski definition) is 3. The average molecular weight is 254 g/mol. The van der Waals surface area contributed by atoms with Gasteiger partial charge in [0.25, 0.3) is 0 Å². The van der Waals surface area contributed by atoms with Gasteiger partial charge in [-0.3, -0.25) is 4.79 Å². The summed E-state index contributed by atoms with van der Waals surface area (Å²) >= 11 is 1.72. The summed E-state index contributed by atoms with van der Waals surface area (Å²) in [6.45, 7) is 10.7. The first kappa shape index (κ1) is 14.2. The lowest BCUT2D eigenvalue weighted by molar-refractivity contribution is -0.124. The Balaban J connectivity index is 2.42. The van der Waals surface area contributed by atoms with Crippen LogP contribution in [0.15, 0.2) is 11.4 Å². The van der Waals surface area contributed by atoms with Crippen LogP contribution in [0.2, 0.25) is 0 Å². The third kappa shape index (κ3) is 4.88. The van der Waals surface area contributed by atoms with Crippen LogP contribution in [0.25, 0.3) is 0 Å². The Kier molecular flexibility index (Phi) is 4.71. The monoisotopic (exact) mass is 254 g/mol. The second-order valence-electron chi connectivity index (χ2n) is 5.37. The lowest BCUT2D eigenvalue weighted by Gasteiger charge is -2.23. The van der Waals surface area contributed by atoms with Crippen molar-refractivity contribution < 1.29 is 4.79 Å². The minimum absolute atomic E-state index is 0.0479. The quantitative estimate of drug-likeness (QED) is 0.866. The van der Waals surface area contributed by atoms with Gasteiger partial charge in [-0.25, -0.2) is 0 Å². The first-order chi connectivity index (χ1) is 7.79. The zero-order valence-electron chi connectivity index (χ0n) is 11.3. The van der Waals surface area contributed by atoms with E-state index in [2.05, 4.69) is 29.0 Å². The van der Waals surface area contributed by atoms with Crippen molar-refractivity contribution in [3.63, 3.8) is 0 Å². The molecule has 0 aliphatic heterocycles. The molecule has 0 bridgehead atoms. The first-order valence-corrected chi connectivity index (χ1v) is 6.76. The lowest BCUT2D eigenvalue weighted by atomic mass is 10.1. The van der Waals surface area contributed by atoms with Crippen LogP contribution in [0, 0.1) is 6.92 Å². The highest BCUT2D eigenvalue weighted by Gasteiger charge is 2.18. The van der Waals surface area contributed by atoms with Crippen molar-refractivity contribution in [2.24, 2.45) is 0 Å². The molecule has 1 unspecified atom stereocenters. The number of nitrogens with one attached hydrogen (secondary N) is 2. The number of carbonyl (C=O) groups excluding carboxylic acids is 1. The highest BCUT2D eigenvalue weighted by atomic mass is 32.1. The fraction of sp³-hybridized carbons (Fsp3) is 0.615. The fourth-order valence-electron chi connectivity index (χ4n) is 1.40. The number of hydrogen-bond donors (Lipinski definition) is 2. The molecule has 2 N–H and O–H groups in total. The van der Waals surface area contributed by atoms with Crippen molar-refractivity contribution in [3.8, 4) is 0 Å². The zero-order chi connectivity index (χ0) is 13.1. The molecule has 0 saturated heterocycles. The third-order valence-corrected chi connectivity index (χ3v) is 3.45. The third-order valence-electron chi connectivity index (χ3n) is 2.43. The largest absolute Gasteiger partial charge is 0.350 e. The van der Waals surface area contributed by atoms with E-state index in [1.54, 1.807) is 11.3 Å². The smallest absolute Gasteiger partial charge is 0.237 e. The molecule has 0 fully saturated rings. The van der Waals surface area contributed by atoms with Gasteiger partial charge in [0.2, 0.25) is 5.91 Å².